The van der Waals surface area contributed by atoms with Crippen molar-refractivity contribution in [2.24, 2.45) is 0 Å². The first-order valence-corrected chi connectivity index (χ1v) is 8.75. The lowest BCUT2D eigenvalue weighted by Gasteiger charge is -2.38. The molecule has 0 aliphatic carbocycles. The molecule has 2 aromatic heterocycles. The Balaban J connectivity index is 1.88. The molecule has 5 heteroatoms. The predicted octanol–water partition coefficient (Wildman–Crippen LogP) is 2.88. The van der Waals surface area contributed by atoms with Crippen LogP contribution in [-0.2, 0) is 17.7 Å². The highest BCUT2D eigenvalue weighted by molar-refractivity contribution is 5.71. The molecule has 0 aromatic carbocycles. The van der Waals surface area contributed by atoms with Gasteiger partial charge in [-0.1, -0.05) is 6.42 Å². The van der Waals surface area contributed by atoms with Crippen LogP contribution in [0, 0.1) is 0 Å². The maximum absolute atomic E-state index is 5.28. The molecule has 1 unspecified atom stereocenters. The number of likely N-dealkylation sites (tertiary alicyclic amines) is 1. The number of hydrogen-bond donors (Lipinski definition) is 0. The molecular formula is C18H28N4O. The summed E-state index contributed by atoms with van der Waals surface area (Å²) in [6, 6.07) is 5.19. The van der Waals surface area contributed by atoms with E-state index in [4.69, 9.17) is 9.72 Å². The molecule has 0 radical (unpaired) electrons. The third-order valence-corrected chi connectivity index (χ3v) is 4.86. The van der Waals surface area contributed by atoms with Gasteiger partial charge in [0.15, 0.2) is 5.65 Å². The van der Waals surface area contributed by atoms with Gasteiger partial charge in [0.25, 0.3) is 0 Å². The van der Waals surface area contributed by atoms with Crippen molar-refractivity contribution in [3.05, 3.63) is 24.2 Å². The van der Waals surface area contributed by atoms with E-state index in [1.807, 2.05) is 12.3 Å². The van der Waals surface area contributed by atoms with Crippen LogP contribution in [-0.4, -0.2) is 51.8 Å². The molecule has 23 heavy (non-hydrogen) atoms. The van der Waals surface area contributed by atoms with Crippen molar-refractivity contribution in [2.75, 3.05) is 20.3 Å². The van der Waals surface area contributed by atoms with Crippen molar-refractivity contribution >= 4 is 11.2 Å². The van der Waals surface area contributed by atoms with E-state index in [2.05, 4.69) is 34.4 Å². The van der Waals surface area contributed by atoms with Crippen molar-refractivity contribution in [1.82, 2.24) is 19.4 Å². The first-order chi connectivity index (χ1) is 11.2. The molecule has 1 saturated heterocycles. The number of piperidine rings is 1. The molecule has 0 N–H and O–H groups in total. The second-order valence-corrected chi connectivity index (χ2v) is 6.70. The van der Waals surface area contributed by atoms with E-state index < -0.39 is 0 Å². The number of pyridine rings is 1. The molecule has 2 aromatic rings. The van der Waals surface area contributed by atoms with Crippen LogP contribution in [0.1, 0.15) is 38.9 Å². The van der Waals surface area contributed by atoms with Gasteiger partial charge in [-0.3, -0.25) is 4.90 Å². The minimum Gasteiger partial charge on any atom is -0.383 e. The first-order valence-electron chi connectivity index (χ1n) is 8.75. The topological polar surface area (TPSA) is 43.2 Å². The largest absolute Gasteiger partial charge is 0.383 e. The summed E-state index contributed by atoms with van der Waals surface area (Å²) in [5, 5.41) is 0. The van der Waals surface area contributed by atoms with Crippen molar-refractivity contribution in [1.29, 1.82) is 0 Å². The summed E-state index contributed by atoms with van der Waals surface area (Å²) in [6.45, 7) is 7.31. The fourth-order valence-corrected chi connectivity index (χ4v) is 3.71. The van der Waals surface area contributed by atoms with Crippen LogP contribution >= 0.6 is 0 Å². The summed E-state index contributed by atoms with van der Waals surface area (Å²) < 4.78 is 7.52. The smallest absolute Gasteiger partial charge is 0.160 e. The third-order valence-electron chi connectivity index (χ3n) is 4.86. The number of aromatic nitrogens is 3. The van der Waals surface area contributed by atoms with E-state index in [0.29, 0.717) is 18.7 Å². The number of hydrogen-bond acceptors (Lipinski definition) is 4. The fourth-order valence-electron chi connectivity index (χ4n) is 3.71. The summed E-state index contributed by atoms with van der Waals surface area (Å²) in [6.07, 6.45) is 6.75. The van der Waals surface area contributed by atoms with Gasteiger partial charge >= 0.3 is 0 Å². The Morgan fingerprint density at radius 3 is 3.00 bits per heavy atom. The van der Waals surface area contributed by atoms with Gasteiger partial charge in [0.1, 0.15) is 11.3 Å². The van der Waals surface area contributed by atoms with Crippen molar-refractivity contribution < 1.29 is 4.74 Å². The molecule has 1 fully saturated rings. The number of methoxy groups -OCH3 is 1. The SMILES string of the molecule is COCCn1c(CC2CCCCN2C(C)C)nc2cccnc21. The molecule has 0 amide bonds. The Hall–Kier alpha value is -1.46. The molecule has 3 rings (SSSR count). The van der Waals surface area contributed by atoms with Gasteiger partial charge in [-0.05, 0) is 45.4 Å². The number of imidazole rings is 1. The lowest BCUT2D eigenvalue weighted by atomic mass is 9.97. The van der Waals surface area contributed by atoms with Gasteiger partial charge < -0.3 is 9.30 Å². The molecular weight excluding hydrogens is 288 g/mol. The number of rotatable bonds is 6. The first kappa shape index (κ1) is 16.4. The Bertz CT molecular complexity index is 637. The van der Waals surface area contributed by atoms with Gasteiger partial charge in [0.05, 0.1) is 6.61 Å². The zero-order valence-corrected chi connectivity index (χ0v) is 14.5. The molecule has 0 saturated carbocycles. The second-order valence-electron chi connectivity index (χ2n) is 6.70. The van der Waals surface area contributed by atoms with Crippen molar-refractivity contribution in [2.45, 2.75) is 58.2 Å². The zero-order chi connectivity index (χ0) is 16.2. The van der Waals surface area contributed by atoms with Gasteiger partial charge in [-0.2, -0.15) is 0 Å². The molecule has 1 aliphatic rings. The molecule has 3 heterocycles. The van der Waals surface area contributed by atoms with Crippen molar-refractivity contribution in [3.63, 3.8) is 0 Å². The Morgan fingerprint density at radius 2 is 2.22 bits per heavy atom. The normalized spacial score (nSPS) is 19.7. The highest BCUT2D eigenvalue weighted by Crippen LogP contribution is 2.24. The van der Waals surface area contributed by atoms with E-state index in [1.165, 1.54) is 25.8 Å². The van der Waals surface area contributed by atoms with Crippen LogP contribution in [0.4, 0.5) is 0 Å². The number of nitrogens with zero attached hydrogens (tertiary/aromatic N) is 4. The Labute approximate surface area is 138 Å². The summed E-state index contributed by atoms with van der Waals surface area (Å²) in [4.78, 5) is 12.0. The minimum absolute atomic E-state index is 0.585. The maximum atomic E-state index is 5.28. The Morgan fingerprint density at radius 1 is 1.35 bits per heavy atom. The highest BCUT2D eigenvalue weighted by Gasteiger charge is 2.26. The van der Waals surface area contributed by atoms with E-state index >= 15 is 0 Å². The average molecular weight is 316 g/mol. The lowest BCUT2D eigenvalue weighted by molar-refractivity contribution is 0.109. The van der Waals surface area contributed by atoms with Crippen molar-refractivity contribution in [3.8, 4) is 0 Å². The van der Waals surface area contributed by atoms with Gasteiger partial charge in [-0.25, -0.2) is 9.97 Å². The second kappa shape index (κ2) is 7.41. The standard InChI is InChI=1S/C18H28N4O/c1-14(2)21-10-5-4-7-15(21)13-17-20-16-8-6-9-19-18(16)22(17)11-12-23-3/h6,8-9,14-15H,4-5,7,10-13H2,1-3H3. The van der Waals surface area contributed by atoms with Gasteiger partial charge in [0.2, 0.25) is 0 Å². The van der Waals surface area contributed by atoms with E-state index in [-0.39, 0.29) is 0 Å². The summed E-state index contributed by atoms with van der Waals surface area (Å²) >= 11 is 0. The van der Waals surface area contributed by atoms with E-state index in [1.54, 1.807) is 7.11 Å². The molecule has 126 valence electrons. The maximum Gasteiger partial charge on any atom is 0.160 e. The zero-order valence-electron chi connectivity index (χ0n) is 14.5. The van der Waals surface area contributed by atoms with Gasteiger partial charge in [0, 0.05) is 38.4 Å². The summed E-state index contributed by atoms with van der Waals surface area (Å²) in [7, 11) is 1.74. The van der Waals surface area contributed by atoms with E-state index in [0.717, 1.165) is 30.0 Å². The quantitative estimate of drug-likeness (QED) is 0.822. The number of fused-ring (bicyclic) bond motifs is 1. The van der Waals surface area contributed by atoms with Crippen LogP contribution in [0.25, 0.3) is 11.2 Å². The Kier molecular flexibility index (Phi) is 5.28. The summed E-state index contributed by atoms with van der Waals surface area (Å²) in [5.74, 6) is 1.15. The van der Waals surface area contributed by atoms with Crippen LogP contribution in [0.5, 0.6) is 0 Å². The molecule has 5 nitrogen and oxygen atoms in total. The fraction of sp³-hybridized carbons (Fsp3) is 0.667. The third kappa shape index (κ3) is 3.56. The van der Waals surface area contributed by atoms with Crippen LogP contribution < -0.4 is 0 Å². The average Bonchev–Trinajstić information content (AvgIpc) is 2.90. The van der Waals surface area contributed by atoms with Gasteiger partial charge in [-0.15, -0.1) is 0 Å². The van der Waals surface area contributed by atoms with Crippen LogP contribution in [0.15, 0.2) is 18.3 Å². The number of ether oxygens (including phenoxy) is 1. The monoisotopic (exact) mass is 316 g/mol. The van der Waals surface area contributed by atoms with Crippen LogP contribution in [0.3, 0.4) is 0 Å². The minimum atomic E-state index is 0.585. The highest BCUT2D eigenvalue weighted by atomic mass is 16.5. The van der Waals surface area contributed by atoms with Crippen LogP contribution in [0.2, 0.25) is 0 Å². The molecule has 1 atom stereocenters. The molecule has 0 bridgehead atoms. The van der Waals surface area contributed by atoms with E-state index in [9.17, 15) is 0 Å². The molecule has 1 aliphatic heterocycles. The lowest BCUT2D eigenvalue weighted by Crippen LogP contribution is -2.45. The molecule has 0 spiro atoms. The summed E-state index contributed by atoms with van der Waals surface area (Å²) in [5.41, 5.74) is 1.97. The predicted molar refractivity (Wildman–Crippen MR) is 92.6 cm³/mol.